The molecule has 0 spiro atoms. The highest BCUT2D eigenvalue weighted by Crippen LogP contribution is 2.67. The first kappa shape index (κ1) is 52.0. The molecule has 1 aliphatic heterocycles. The van der Waals surface area contributed by atoms with Gasteiger partial charge in [0.2, 0.25) is 0 Å². The van der Waals surface area contributed by atoms with Gasteiger partial charge in [-0.1, -0.05) is 176 Å². The Hall–Kier alpha value is -0.990. The third-order valence-electron chi connectivity index (χ3n) is 18.2. The quantitative estimate of drug-likeness (QED) is 0.0408. The third-order valence-corrected chi connectivity index (χ3v) is 18.2. The zero-order valence-electron chi connectivity index (χ0n) is 41.3. The van der Waals surface area contributed by atoms with E-state index in [0.29, 0.717) is 17.8 Å². The Morgan fingerprint density at radius 2 is 1.35 bits per heavy atom. The van der Waals surface area contributed by atoms with Crippen LogP contribution in [0.15, 0.2) is 11.6 Å². The van der Waals surface area contributed by atoms with E-state index in [1.807, 2.05) is 0 Å². The van der Waals surface area contributed by atoms with Crippen LogP contribution in [0.3, 0.4) is 0 Å². The van der Waals surface area contributed by atoms with Crippen molar-refractivity contribution in [2.75, 3.05) is 6.61 Å². The van der Waals surface area contributed by atoms with E-state index in [1.54, 1.807) is 0 Å². The van der Waals surface area contributed by atoms with Crippen LogP contribution in [-0.4, -0.2) is 64.7 Å². The smallest absolute Gasteiger partial charge is 0.305 e. The molecule has 3 N–H and O–H groups in total. The van der Waals surface area contributed by atoms with Gasteiger partial charge >= 0.3 is 5.97 Å². The molecule has 0 radical (unpaired) electrons. The van der Waals surface area contributed by atoms with Gasteiger partial charge in [-0.25, -0.2) is 0 Å². The second kappa shape index (κ2) is 25.8. The molecule has 0 aromatic rings. The first-order chi connectivity index (χ1) is 29.8. The second-order valence-electron chi connectivity index (χ2n) is 22.6. The number of ether oxygens (including phenoxy) is 3. The predicted octanol–water partition coefficient (Wildman–Crippen LogP) is 13.4. The molecule has 0 aromatic heterocycles. The number of carbonyl (C=O) groups excluding carboxylic acids is 1. The Balaban J connectivity index is 0.985. The lowest BCUT2D eigenvalue weighted by molar-refractivity contribution is -0.313. The number of aliphatic hydroxyl groups excluding tert-OH is 3. The highest BCUT2D eigenvalue weighted by molar-refractivity contribution is 5.69. The average molecular weight is 871 g/mol. The SMILES string of the molecule is CCCCCCCCCCCCCCCCCCCC(=O)OC[C@H]1O[C@@H](O[C@@H]2CC[C@@]3(C)C(=CC[C@@H]4[C@H]3CC[C@]3(C)[C@H]4CC[C@H]3[C@H](C)CC[C@H](CC)C(C)C)C2)[C@H](O)[C@@H](O)[C@H]1O. The summed E-state index contributed by atoms with van der Waals surface area (Å²) in [5.74, 6) is 5.24. The summed E-state index contributed by atoms with van der Waals surface area (Å²) in [4.78, 5) is 12.7. The molecular weight excluding hydrogens is 773 g/mol. The second-order valence-corrected chi connectivity index (χ2v) is 22.6. The van der Waals surface area contributed by atoms with Crippen molar-refractivity contribution in [3.05, 3.63) is 11.6 Å². The van der Waals surface area contributed by atoms with Crippen LogP contribution >= 0.6 is 0 Å². The van der Waals surface area contributed by atoms with Gasteiger partial charge in [-0.05, 0) is 116 Å². The summed E-state index contributed by atoms with van der Waals surface area (Å²) >= 11 is 0. The molecule has 1 heterocycles. The molecule has 360 valence electrons. The van der Waals surface area contributed by atoms with Crippen molar-refractivity contribution in [1.29, 1.82) is 0 Å². The van der Waals surface area contributed by atoms with Crippen LogP contribution in [0.5, 0.6) is 0 Å². The largest absolute Gasteiger partial charge is 0.463 e. The van der Waals surface area contributed by atoms with Crippen LogP contribution in [0.1, 0.15) is 235 Å². The molecule has 62 heavy (non-hydrogen) atoms. The van der Waals surface area contributed by atoms with E-state index in [9.17, 15) is 20.1 Å². The van der Waals surface area contributed by atoms with Crippen molar-refractivity contribution in [1.82, 2.24) is 0 Å². The lowest BCUT2D eigenvalue weighted by atomic mass is 9.47. The van der Waals surface area contributed by atoms with Gasteiger partial charge in [-0.2, -0.15) is 0 Å². The Labute approximate surface area is 381 Å². The minimum atomic E-state index is -1.44. The zero-order valence-corrected chi connectivity index (χ0v) is 41.3. The Morgan fingerprint density at radius 3 is 1.95 bits per heavy atom. The van der Waals surface area contributed by atoms with Gasteiger partial charge in [0.05, 0.1) is 6.10 Å². The third kappa shape index (κ3) is 13.8. The summed E-state index contributed by atoms with van der Waals surface area (Å²) in [6.45, 7) is 17.1. The number of rotatable bonds is 28. The van der Waals surface area contributed by atoms with Crippen molar-refractivity contribution >= 4 is 5.97 Å². The van der Waals surface area contributed by atoms with E-state index in [4.69, 9.17) is 14.2 Å². The van der Waals surface area contributed by atoms with Gasteiger partial charge in [-0.15, -0.1) is 0 Å². The number of carbonyl (C=O) groups is 1. The van der Waals surface area contributed by atoms with Crippen molar-refractivity contribution in [3.8, 4) is 0 Å². The molecule has 5 rings (SSSR count). The Bertz CT molecular complexity index is 1320. The van der Waals surface area contributed by atoms with Crippen LogP contribution in [0.2, 0.25) is 0 Å². The van der Waals surface area contributed by atoms with E-state index in [1.165, 1.54) is 140 Å². The molecule has 1 saturated heterocycles. The van der Waals surface area contributed by atoms with Crippen molar-refractivity contribution in [2.24, 2.45) is 52.3 Å². The molecule has 5 aliphatic rings. The molecular formula is C55H98O7. The van der Waals surface area contributed by atoms with Crippen LogP contribution in [0.25, 0.3) is 0 Å². The van der Waals surface area contributed by atoms with Crippen LogP contribution in [-0.2, 0) is 19.0 Å². The molecule has 0 unspecified atom stereocenters. The number of hydrogen-bond donors (Lipinski definition) is 3. The lowest BCUT2D eigenvalue weighted by Gasteiger charge is -2.58. The van der Waals surface area contributed by atoms with Crippen molar-refractivity contribution < 1.29 is 34.3 Å². The summed E-state index contributed by atoms with van der Waals surface area (Å²) in [5.41, 5.74) is 2.13. The maximum atomic E-state index is 12.7. The predicted molar refractivity (Wildman–Crippen MR) is 254 cm³/mol. The molecule has 0 aromatic carbocycles. The molecule has 4 aliphatic carbocycles. The monoisotopic (exact) mass is 871 g/mol. The fourth-order valence-corrected chi connectivity index (χ4v) is 14.0. The normalized spacial score (nSPS) is 35.5. The topological polar surface area (TPSA) is 105 Å². The summed E-state index contributed by atoms with van der Waals surface area (Å²) < 4.78 is 18.1. The Kier molecular flexibility index (Phi) is 21.6. The van der Waals surface area contributed by atoms with Crippen LogP contribution in [0.4, 0.5) is 0 Å². The average Bonchev–Trinajstić information content (AvgIpc) is 3.62. The molecule has 14 atom stereocenters. The maximum absolute atomic E-state index is 12.7. The molecule has 3 saturated carbocycles. The summed E-state index contributed by atoms with van der Waals surface area (Å²) in [5, 5.41) is 32.6. The van der Waals surface area contributed by atoms with Crippen LogP contribution < -0.4 is 0 Å². The number of allylic oxidation sites excluding steroid dienone is 1. The molecule has 0 bridgehead atoms. The van der Waals surface area contributed by atoms with Gasteiger partial charge in [0, 0.05) is 6.42 Å². The molecule has 7 nitrogen and oxygen atoms in total. The Morgan fingerprint density at radius 1 is 0.742 bits per heavy atom. The molecule has 4 fully saturated rings. The van der Waals surface area contributed by atoms with E-state index in [-0.39, 0.29) is 24.1 Å². The number of hydrogen-bond acceptors (Lipinski definition) is 7. The number of aliphatic hydroxyl groups is 3. The van der Waals surface area contributed by atoms with E-state index in [0.717, 1.165) is 80.5 Å². The summed E-state index contributed by atoms with van der Waals surface area (Å²) in [7, 11) is 0. The van der Waals surface area contributed by atoms with Gasteiger partial charge in [-0.3, -0.25) is 4.79 Å². The fourth-order valence-electron chi connectivity index (χ4n) is 14.0. The number of unbranched alkanes of at least 4 members (excludes halogenated alkanes) is 16. The summed E-state index contributed by atoms with van der Waals surface area (Å²) in [6.07, 6.45) is 31.9. The van der Waals surface area contributed by atoms with Gasteiger partial charge in [0.15, 0.2) is 6.29 Å². The number of fused-ring (bicyclic) bond motifs is 5. The maximum Gasteiger partial charge on any atom is 0.305 e. The minimum absolute atomic E-state index is 0.140. The van der Waals surface area contributed by atoms with Crippen molar-refractivity contribution in [3.63, 3.8) is 0 Å². The first-order valence-electron chi connectivity index (χ1n) is 27.0. The van der Waals surface area contributed by atoms with Crippen LogP contribution in [0, 0.1) is 52.3 Å². The van der Waals surface area contributed by atoms with E-state index < -0.39 is 30.7 Å². The van der Waals surface area contributed by atoms with Gasteiger partial charge in [0.25, 0.3) is 0 Å². The van der Waals surface area contributed by atoms with E-state index in [2.05, 4.69) is 54.5 Å². The van der Waals surface area contributed by atoms with E-state index >= 15 is 0 Å². The first-order valence-corrected chi connectivity index (χ1v) is 27.0. The zero-order chi connectivity index (χ0) is 44.7. The van der Waals surface area contributed by atoms with Gasteiger partial charge < -0.3 is 29.5 Å². The highest BCUT2D eigenvalue weighted by atomic mass is 16.7. The fraction of sp³-hybridized carbons (Fsp3) is 0.945. The summed E-state index contributed by atoms with van der Waals surface area (Å²) in [6, 6.07) is 0. The standard InChI is InChI=1S/C55H98O7/c1-8-10-11-12-13-14-15-16-17-18-19-20-21-22-23-24-25-26-49(56)60-38-48-50(57)51(58)52(59)53(62-48)61-43-33-35-54(6)42(37-43)29-30-44-46-32-31-45(55(46,7)36-34-47(44)54)40(5)27-28-41(9-2)39(3)4/h29,39-41,43-48,50-53,57-59H,8-28,30-38H2,1-7H3/t40-,41+,43-,44+,45+,46+,47-,48-,50+,51+,52-,53-,54+,55+/m1/s1. The highest BCUT2D eigenvalue weighted by Gasteiger charge is 2.59. The lowest BCUT2D eigenvalue weighted by Crippen LogP contribution is -2.60. The number of esters is 1. The van der Waals surface area contributed by atoms with Crippen molar-refractivity contribution in [2.45, 2.75) is 271 Å². The molecule has 7 heteroatoms. The molecule has 0 amide bonds. The minimum Gasteiger partial charge on any atom is -0.463 e. The van der Waals surface area contributed by atoms with Gasteiger partial charge in [0.1, 0.15) is 31.0 Å².